The van der Waals surface area contributed by atoms with Crippen LogP contribution in [0.3, 0.4) is 0 Å². The lowest BCUT2D eigenvalue weighted by Gasteiger charge is -2.32. The third kappa shape index (κ3) is 4.98. The van der Waals surface area contributed by atoms with Gasteiger partial charge in [-0.15, -0.1) is 0 Å². The van der Waals surface area contributed by atoms with Crippen molar-refractivity contribution in [2.45, 2.75) is 45.6 Å². The maximum absolute atomic E-state index is 12.3. The van der Waals surface area contributed by atoms with E-state index in [1.165, 1.54) is 25.0 Å². The highest BCUT2D eigenvalue weighted by molar-refractivity contribution is 6.03. The van der Waals surface area contributed by atoms with Gasteiger partial charge in [0.15, 0.2) is 12.4 Å². The molecule has 0 saturated carbocycles. The smallest absolute Gasteiger partial charge is 0.262 e. The number of nitrogens with zero attached hydrogens (tertiary/aromatic N) is 1. The number of phenolic OH excluding ortho intramolecular Hbond substituents is 1. The molecule has 2 N–H and O–H groups in total. The number of amides is 1. The number of carbonyl (C=O) groups is 2. The molecule has 0 unspecified atom stereocenters. The number of aromatic hydroxyl groups is 1. The number of fused-ring (bicyclic) bond motifs is 1. The van der Waals surface area contributed by atoms with Crippen LogP contribution in [0.5, 0.6) is 17.2 Å². The number of rotatable bonds is 5. The Bertz CT molecular complexity index is 1010. The molecule has 2 aliphatic heterocycles. The molecular formula is C25H30N2O5. The Morgan fingerprint density at radius 2 is 1.91 bits per heavy atom. The van der Waals surface area contributed by atoms with Crippen molar-refractivity contribution in [2.24, 2.45) is 5.92 Å². The van der Waals surface area contributed by atoms with Gasteiger partial charge in [-0.1, -0.05) is 6.92 Å². The number of phenols is 1. The standard InChI is InChI=1S/C25H30N2O5/c1-16-8-10-27(11-9-16)18-6-4-17(5-7-18)26-23(30)15-31-19-12-20(28)24-21(29)14-25(2,3)32-22(24)13-19/h4-7,12-13,16,28H,8-11,14-15H2,1-3H3,(H,26,30). The molecule has 0 aliphatic carbocycles. The Kier molecular flexibility index (Phi) is 6.00. The topological polar surface area (TPSA) is 88.1 Å². The largest absolute Gasteiger partial charge is 0.507 e. The van der Waals surface area contributed by atoms with Crippen molar-refractivity contribution < 1.29 is 24.2 Å². The number of Topliss-reactive ketones (excluding diaryl/α,β-unsaturated/α-hetero) is 1. The molecule has 170 valence electrons. The zero-order chi connectivity index (χ0) is 22.9. The Hall–Kier alpha value is -3.22. The van der Waals surface area contributed by atoms with E-state index in [-0.39, 0.29) is 47.5 Å². The van der Waals surface area contributed by atoms with Crippen molar-refractivity contribution >= 4 is 23.1 Å². The lowest BCUT2D eigenvalue weighted by Crippen LogP contribution is -2.35. The highest BCUT2D eigenvalue weighted by Crippen LogP contribution is 2.40. The van der Waals surface area contributed by atoms with Crippen LogP contribution in [0.1, 0.15) is 50.4 Å². The van der Waals surface area contributed by atoms with E-state index in [1.807, 2.05) is 38.1 Å². The first-order valence-electron chi connectivity index (χ1n) is 11.1. The molecule has 0 atom stereocenters. The molecule has 32 heavy (non-hydrogen) atoms. The Morgan fingerprint density at radius 1 is 1.22 bits per heavy atom. The van der Waals surface area contributed by atoms with Gasteiger partial charge in [0.25, 0.3) is 5.91 Å². The zero-order valence-electron chi connectivity index (χ0n) is 18.8. The van der Waals surface area contributed by atoms with Gasteiger partial charge in [0.2, 0.25) is 0 Å². The predicted octanol–water partition coefficient (Wildman–Crippen LogP) is 4.39. The minimum absolute atomic E-state index is 0.157. The quantitative estimate of drug-likeness (QED) is 0.720. The molecule has 0 aromatic heterocycles. The van der Waals surface area contributed by atoms with Crippen LogP contribution in [0.2, 0.25) is 0 Å². The van der Waals surface area contributed by atoms with E-state index in [1.54, 1.807) is 0 Å². The van der Waals surface area contributed by atoms with E-state index in [9.17, 15) is 14.7 Å². The second-order valence-electron chi connectivity index (χ2n) is 9.33. The molecule has 4 rings (SSSR count). The third-order valence-corrected chi connectivity index (χ3v) is 5.98. The fraction of sp³-hybridized carbons (Fsp3) is 0.440. The summed E-state index contributed by atoms with van der Waals surface area (Å²) >= 11 is 0. The molecule has 2 aliphatic rings. The zero-order valence-corrected chi connectivity index (χ0v) is 18.8. The minimum atomic E-state index is -0.662. The van der Waals surface area contributed by atoms with Crippen LogP contribution in [-0.4, -0.2) is 42.1 Å². The fourth-order valence-corrected chi connectivity index (χ4v) is 4.20. The van der Waals surface area contributed by atoms with Crippen LogP contribution in [0.4, 0.5) is 11.4 Å². The minimum Gasteiger partial charge on any atom is -0.507 e. The molecule has 0 bridgehead atoms. The van der Waals surface area contributed by atoms with Crippen molar-refractivity contribution in [1.29, 1.82) is 0 Å². The van der Waals surface area contributed by atoms with Crippen LogP contribution in [0.15, 0.2) is 36.4 Å². The van der Waals surface area contributed by atoms with E-state index in [0.717, 1.165) is 24.7 Å². The summed E-state index contributed by atoms with van der Waals surface area (Å²) in [6, 6.07) is 10.7. The van der Waals surface area contributed by atoms with Gasteiger partial charge < -0.3 is 24.8 Å². The number of anilines is 2. The highest BCUT2D eigenvalue weighted by atomic mass is 16.5. The number of piperidine rings is 1. The molecule has 0 spiro atoms. The molecule has 7 nitrogen and oxygen atoms in total. The first kappa shape index (κ1) is 22.0. The molecule has 0 radical (unpaired) electrons. The Balaban J connectivity index is 1.34. The maximum atomic E-state index is 12.3. The van der Waals surface area contributed by atoms with Gasteiger partial charge in [0.05, 0.1) is 6.42 Å². The molecule has 7 heteroatoms. The second-order valence-corrected chi connectivity index (χ2v) is 9.33. The lowest BCUT2D eigenvalue weighted by molar-refractivity contribution is -0.118. The van der Waals surface area contributed by atoms with Crippen molar-refractivity contribution in [3.05, 3.63) is 42.0 Å². The number of hydrogen-bond donors (Lipinski definition) is 2. The molecule has 1 amide bonds. The molecular weight excluding hydrogens is 408 g/mol. The molecule has 2 aromatic rings. The van der Waals surface area contributed by atoms with Crippen molar-refractivity contribution in [3.8, 4) is 17.2 Å². The summed E-state index contributed by atoms with van der Waals surface area (Å²) in [4.78, 5) is 27.0. The molecule has 2 heterocycles. The number of nitrogens with one attached hydrogen (secondary N) is 1. The van der Waals surface area contributed by atoms with Crippen molar-refractivity contribution in [1.82, 2.24) is 0 Å². The number of benzene rings is 2. The summed E-state index contributed by atoms with van der Waals surface area (Å²) in [6.45, 7) is 7.78. The maximum Gasteiger partial charge on any atom is 0.262 e. The van der Waals surface area contributed by atoms with Crippen LogP contribution in [0, 0.1) is 5.92 Å². The van der Waals surface area contributed by atoms with Crippen LogP contribution < -0.4 is 19.7 Å². The average molecular weight is 439 g/mol. The van der Waals surface area contributed by atoms with Gasteiger partial charge >= 0.3 is 0 Å². The Morgan fingerprint density at radius 3 is 2.59 bits per heavy atom. The molecule has 2 aromatic carbocycles. The second kappa shape index (κ2) is 8.73. The van der Waals surface area contributed by atoms with Gasteiger partial charge in [-0.2, -0.15) is 0 Å². The normalized spacial score (nSPS) is 18.0. The first-order valence-corrected chi connectivity index (χ1v) is 11.1. The third-order valence-electron chi connectivity index (χ3n) is 5.98. The van der Waals surface area contributed by atoms with E-state index >= 15 is 0 Å². The van der Waals surface area contributed by atoms with Gasteiger partial charge in [-0.3, -0.25) is 9.59 Å². The van der Waals surface area contributed by atoms with E-state index in [4.69, 9.17) is 9.47 Å². The predicted molar refractivity (Wildman–Crippen MR) is 123 cm³/mol. The van der Waals surface area contributed by atoms with Crippen molar-refractivity contribution in [3.63, 3.8) is 0 Å². The van der Waals surface area contributed by atoms with Crippen LogP contribution in [0.25, 0.3) is 0 Å². The number of ketones is 1. The number of hydrogen-bond acceptors (Lipinski definition) is 6. The highest BCUT2D eigenvalue weighted by Gasteiger charge is 2.35. The van der Waals surface area contributed by atoms with Gasteiger partial charge in [-0.05, 0) is 56.9 Å². The average Bonchev–Trinajstić information content (AvgIpc) is 2.72. The lowest BCUT2D eigenvalue weighted by atomic mass is 9.92. The number of carbonyl (C=O) groups excluding carboxylic acids is 2. The summed E-state index contributed by atoms with van der Waals surface area (Å²) < 4.78 is 11.4. The first-order chi connectivity index (χ1) is 15.2. The van der Waals surface area contributed by atoms with Crippen molar-refractivity contribution in [2.75, 3.05) is 29.9 Å². The van der Waals surface area contributed by atoms with Crippen LogP contribution in [-0.2, 0) is 4.79 Å². The summed E-state index contributed by atoms with van der Waals surface area (Å²) in [7, 11) is 0. The Labute approximate surface area is 188 Å². The van der Waals surface area contributed by atoms with E-state index < -0.39 is 5.60 Å². The summed E-state index contributed by atoms with van der Waals surface area (Å²) in [5.41, 5.74) is 1.35. The van der Waals surface area contributed by atoms with E-state index in [2.05, 4.69) is 17.1 Å². The van der Waals surface area contributed by atoms with E-state index in [0.29, 0.717) is 5.69 Å². The molecule has 1 saturated heterocycles. The summed E-state index contributed by atoms with van der Waals surface area (Å²) in [5.74, 6) is 0.599. The fourth-order valence-electron chi connectivity index (χ4n) is 4.20. The summed E-state index contributed by atoms with van der Waals surface area (Å²) in [6.07, 6.45) is 2.58. The molecule has 1 fully saturated rings. The summed E-state index contributed by atoms with van der Waals surface area (Å²) in [5, 5.41) is 13.1. The van der Waals surface area contributed by atoms with Crippen LogP contribution >= 0.6 is 0 Å². The monoisotopic (exact) mass is 438 g/mol. The van der Waals surface area contributed by atoms with Gasteiger partial charge in [-0.25, -0.2) is 0 Å². The van der Waals surface area contributed by atoms with Gasteiger partial charge in [0.1, 0.15) is 28.4 Å². The van der Waals surface area contributed by atoms with Gasteiger partial charge in [0, 0.05) is 36.6 Å². The SMILES string of the molecule is CC1CCN(c2ccc(NC(=O)COc3cc(O)c4c(c3)OC(C)(C)CC4=O)cc2)CC1. The number of ether oxygens (including phenoxy) is 2.